The number of hydrogen-bond acceptors (Lipinski definition) is 3. The van der Waals surface area contributed by atoms with E-state index in [4.69, 9.17) is 10.8 Å². The molecule has 4 heteroatoms. The molecule has 0 unspecified atom stereocenters. The van der Waals surface area contributed by atoms with Gasteiger partial charge in [0.2, 0.25) is 0 Å². The normalized spacial score (nSPS) is 10.4. The predicted octanol–water partition coefficient (Wildman–Crippen LogP) is 2.47. The second kappa shape index (κ2) is 4.87. The molecule has 0 radical (unpaired) electrons. The maximum Gasteiger partial charge on any atom is 0.303 e. The molecule has 2 rings (SSSR count). The molecular formula is C14H13NO3. The molecule has 0 saturated heterocycles. The van der Waals surface area contributed by atoms with Gasteiger partial charge in [-0.25, -0.2) is 0 Å². The minimum Gasteiger partial charge on any atom is -0.481 e. The van der Waals surface area contributed by atoms with Crippen LogP contribution in [0.5, 0.6) is 0 Å². The quantitative estimate of drug-likeness (QED) is 0.638. The van der Waals surface area contributed by atoms with Gasteiger partial charge in [0, 0.05) is 23.1 Å². The Labute approximate surface area is 104 Å². The lowest BCUT2D eigenvalue weighted by Gasteiger charge is -2.07. The molecule has 0 saturated carbocycles. The van der Waals surface area contributed by atoms with Crippen molar-refractivity contribution in [2.75, 3.05) is 5.73 Å². The zero-order chi connectivity index (χ0) is 13.1. The van der Waals surface area contributed by atoms with Crippen LogP contribution in [0.25, 0.3) is 10.8 Å². The monoisotopic (exact) mass is 243 g/mol. The first-order valence-corrected chi connectivity index (χ1v) is 5.62. The van der Waals surface area contributed by atoms with Gasteiger partial charge in [0.1, 0.15) is 0 Å². The Bertz CT molecular complexity index is 619. The van der Waals surface area contributed by atoms with Gasteiger partial charge < -0.3 is 10.8 Å². The summed E-state index contributed by atoms with van der Waals surface area (Å²) in [6.07, 6.45) is -0.152. The zero-order valence-electron chi connectivity index (χ0n) is 9.72. The fourth-order valence-corrected chi connectivity index (χ4v) is 1.92. The number of nitrogens with two attached hydrogens (primary N) is 1. The number of carboxylic acid groups (broad SMARTS) is 1. The third-order valence-electron chi connectivity index (χ3n) is 2.82. The molecule has 2 aromatic rings. The molecule has 0 aliphatic heterocycles. The average Bonchev–Trinajstić information content (AvgIpc) is 2.37. The number of hydrogen-bond donors (Lipinski definition) is 2. The van der Waals surface area contributed by atoms with Gasteiger partial charge in [-0.2, -0.15) is 0 Å². The van der Waals surface area contributed by atoms with Crippen molar-refractivity contribution in [3.8, 4) is 0 Å². The van der Waals surface area contributed by atoms with Crippen LogP contribution in [0.2, 0.25) is 0 Å². The molecule has 0 heterocycles. The lowest BCUT2D eigenvalue weighted by molar-refractivity contribution is -0.136. The van der Waals surface area contributed by atoms with Crippen molar-refractivity contribution in [3.05, 3.63) is 42.0 Å². The molecule has 18 heavy (non-hydrogen) atoms. The molecule has 0 atom stereocenters. The van der Waals surface area contributed by atoms with Crippen molar-refractivity contribution in [1.82, 2.24) is 0 Å². The number of Topliss-reactive ketones (excluding diaryl/α,β-unsaturated/α-hetero) is 1. The number of aliphatic carboxylic acids is 1. The molecule has 3 N–H and O–H groups in total. The minimum absolute atomic E-state index is 0.00322. The summed E-state index contributed by atoms with van der Waals surface area (Å²) in [6.45, 7) is 0. The number of carbonyl (C=O) groups is 2. The Morgan fingerprint density at radius 1 is 1.00 bits per heavy atom. The van der Waals surface area contributed by atoms with Crippen LogP contribution in [0.1, 0.15) is 23.2 Å². The number of anilines is 1. The van der Waals surface area contributed by atoms with Crippen LogP contribution in [0.15, 0.2) is 36.4 Å². The van der Waals surface area contributed by atoms with E-state index in [2.05, 4.69) is 0 Å². The second-order valence-corrected chi connectivity index (χ2v) is 4.06. The molecular weight excluding hydrogens is 230 g/mol. The molecule has 4 nitrogen and oxygen atoms in total. The molecule has 0 amide bonds. The summed E-state index contributed by atoms with van der Waals surface area (Å²) in [5, 5.41) is 10.2. The lowest BCUT2D eigenvalue weighted by Crippen LogP contribution is -2.05. The van der Waals surface area contributed by atoms with E-state index in [9.17, 15) is 9.59 Å². The van der Waals surface area contributed by atoms with Crippen LogP contribution >= 0.6 is 0 Å². The van der Waals surface area contributed by atoms with Gasteiger partial charge in [-0.15, -0.1) is 0 Å². The van der Waals surface area contributed by atoms with Gasteiger partial charge in [0.25, 0.3) is 0 Å². The summed E-state index contributed by atoms with van der Waals surface area (Å²) in [6, 6.07) is 10.7. The molecule has 0 aliphatic rings. The highest BCUT2D eigenvalue weighted by atomic mass is 16.4. The molecule has 0 bridgehead atoms. The largest absolute Gasteiger partial charge is 0.481 e. The SMILES string of the molecule is Nc1ccc(C(=O)CCC(=O)O)c2ccccc12. The second-order valence-electron chi connectivity index (χ2n) is 4.06. The van der Waals surface area contributed by atoms with Crippen LogP contribution in [0, 0.1) is 0 Å². The summed E-state index contributed by atoms with van der Waals surface area (Å²) < 4.78 is 0. The summed E-state index contributed by atoms with van der Waals surface area (Å²) in [5.41, 5.74) is 6.98. The molecule has 92 valence electrons. The highest BCUT2D eigenvalue weighted by molar-refractivity contribution is 6.11. The Morgan fingerprint density at radius 2 is 1.67 bits per heavy atom. The number of benzene rings is 2. The van der Waals surface area contributed by atoms with E-state index >= 15 is 0 Å². The van der Waals surface area contributed by atoms with Crippen molar-refractivity contribution in [2.45, 2.75) is 12.8 Å². The number of nitrogen functional groups attached to an aromatic ring is 1. The molecule has 0 aromatic heterocycles. The predicted molar refractivity (Wildman–Crippen MR) is 69.6 cm³/mol. The van der Waals surface area contributed by atoms with E-state index in [1.54, 1.807) is 12.1 Å². The third-order valence-corrected chi connectivity index (χ3v) is 2.82. The Kier molecular flexibility index (Phi) is 3.28. The highest BCUT2D eigenvalue weighted by Crippen LogP contribution is 2.25. The van der Waals surface area contributed by atoms with E-state index in [1.807, 2.05) is 24.3 Å². The smallest absolute Gasteiger partial charge is 0.303 e. The van der Waals surface area contributed by atoms with Gasteiger partial charge in [-0.3, -0.25) is 9.59 Å². The van der Waals surface area contributed by atoms with Crippen LogP contribution in [-0.4, -0.2) is 16.9 Å². The summed E-state index contributed by atoms with van der Waals surface area (Å²) in [7, 11) is 0. The molecule has 2 aromatic carbocycles. The summed E-state index contributed by atoms with van der Waals surface area (Å²) in [5.74, 6) is -1.14. The third kappa shape index (κ3) is 2.32. The number of carboxylic acids is 1. The first kappa shape index (κ1) is 12.1. The zero-order valence-corrected chi connectivity index (χ0v) is 9.72. The summed E-state index contributed by atoms with van der Waals surface area (Å²) in [4.78, 5) is 22.5. The Hall–Kier alpha value is -2.36. The summed E-state index contributed by atoms with van der Waals surface area (Å²) >= 11 is 0. The number of rotatable bonds is 4. The van der Waals surface area contributed by atoms with Crippen molar-refractivity contribution in [1.29, 1.82) is 0 Å². The number of ketones is 1. The average molecular weight is 243 g/mol. The van der Waals surface area contributed by atoms with E-state index in [0.717, 1.165) is 10.8 Å². The van der Waals surface area contributed by atoms with E-state index in [-0.39, 0.29) is 18.6 Å². The van der Waals surface area contributed by atoms with Gasteiger partial charge in [-0.1, -0.05) is 24.3 Å². The standard InChI is InChI=1S/C14H13NO3/c15-12-6-5-11(13(16)7-8-14(17)18)9-3-1-2-4-10(9)12/h1-6H,7-8,15H2,(H,17,18). The van der Waals surface area contributed by atoms with E-state index < -0.39 is 5.97 Å². The highest BCUT2D eigenvalue weighted by Gasteiger charge is 2.12. The fraction of sp³-hybridized carbons (Fsp3) is 0.143. The van der Waals surface area contributed by atoms with Gasteiger partial charge in [0.15, 0.2) is 5.78 Å². The maximum atomic E-state index is 12.0. The van der Waals surface area contributed by atoms with Gasteiger partial charge in [0.05, 0.1) is 6.42 Å². The number of carbonyl (C=O) groups excluding carboxylic acids is 1. The van der Waals surface area contributed by atoms with Crippen molar-refractivity contribution in [3.63, 3.8) is 0 Å². The van der Waals surface area contributed by atoms with Crippen molar-refractivity contribution >= 4 is 28.2 Å². The Morgan fingerprint density at radius 3 is 2.33 bits per heavy atom. The van der Waals surface area contributed by atoms with Crippen molar-refractivity contribution in [2.24, 2.45) is 0 Å². The Balaban J connectivity index is 2.42. The van der Waals surface area contributed by atoms with Crippen molar-refractivity contribution < 1.29 is 14.7 Å². The fourth-order valence-electron chi connectivity index (χ4n) is 1.92. The number of fused-ring (bicyclic) bond motifs is 1. The minimum atomic E-state index is -0.969. The molecule has 0 fully saturated rings. The van der Waals surface area contributed by atoms with Crippen LogP contribution in [0.3, 0.4) is 0 Å². The van der Waals surface area contributed by atoms with Gasteiger partial charge in [-0.05, 0) is 17.5 Å². The van der Waals surface area contributed by atoms with E-state index in [0.29, 0.717) is 11.3 Å². The van der Waals surface area contributed by atoms with Crippen LogP contribution in [-0.2, 0) is 4.79 Å². The lowest BCUT2D eigenvalue weighted by atomic mass is 9.98. The van der Waals surface area contributed by atoms with E-state index in [1.165, 1.54) is 0 Å². The molecule has 0 spiro atoms. The topological polar surface area (TPSA) is 80.4 Å². The maximum absolute atomic E-state index is 12.0. The first-order chi connectivity index (χ1) is 8.59. The van der Waals surface area contributed by atoms with Crippen LogP contribution < -0.4 is 5.73 Å². The first-order valence-electron chi connectivity index (χ1n) is 5.62. The van der Waals surface area contributed by atoms with Crippen LogP contribution in [0.4, 0.5) is 5.69 Å². The molecule has 0 aliphatic carbocycles. The van der Waals surface area contributed by atoms with Gasteiger partial charge >= 0.3 is 5.97 Å².